The summed E-state index contributed by atoms with van der Waals surface area (Å²) < 4.78 is 2.92. The zero-order chi connectivity index (χ0) is 22.7. The van der Waals surface area contributed by atoms with E-state index in [4.69, 9.17) is 34.7 Å². The van der Waals surface area contributed by atoms with Gasteiger partial charge in [0.1, 0.15) is 12.4 Å². The zero-order valence-corrected chi connectivity index (χ0v) is 18.7. The van der Waals surface area contributed by atoms with Crippen LogP contribution >= 0.6 is 23.2 Å². The van der Waals surface area contributed by atoms with E-state index < -0.39 is 11.8 Å². The van der Waals surface area contributed by atoms with E-state index in [1.807, 2.05) is 0 Å². The minimum absolute atomic E-state index is 0. The molecule has 3 aromatic rings. The van der Waals surface area contributed by atoms with Gasteiger partial charge < -0.3 is 23.9 Å². The third-order valence-corrected chi connectivity index (χ3v) is 4.97. The largest absolute Gasteiger partial charge is 1.00 e. The van der Waals surface area contributed by atoms with Crippen LogP contribution in [0.25, 0.3) is 0 Å². The number of amides is 2. The lowest BCUT2D eigenvalue weighted by atomic mass is 10.3. The Kier molecular flexibility index (Phi) is 8.31. The number of nitrogens with zero attached hydrogens (tertiary/aromatic N) is 4. The molecule has 0 bridgehead atoms. The van der Waals surface area contributed by atoms with Crippen LogP contribution in [0, 0.1) is 0 Å². The first-order valence-electron chi connectivity index (χ1n) is 8.84. The van der Waals surface area contributed by atoms with Crippen LogP contribution < -0.4 is 38.6 Å². The first-order valence-corrected chi connectivity index (χ1v) is 9.60. The monoisotopic (exact) mass is 500 g/mol. The van der Waals surface area contributed by atoms with Crippen molar-refractivity contribution in [3.8, 4) is 0 Å². The molecule has 0 aliphatic carbocycles. The molecule has 0 aliphatic rings. The highest BCUT2D eigenvalue weighted by Gasteiger charge is 2.21. The molecule has 1 aromatic heterocycles. The topological polar surface area (TPSA) is 142 Å². The van der Waals surface area contributed by atoms with Gasteiger partial charge in [0.25, 0.3) is 11.8 Å². The number of imidazole rings is 1. The van der Waals surface area contributed by atoms with Gasteiger partial charge in [0, 0.05) is 0 Å². The van der Waals surface area contributed by atoms with Crippen LogP contribution in [0.4, 0.5) is 22.7 Å². The van der Waals surface area contributed by atoms with E-state index in [9.17, 15) is 20.0 Å². The Morgan fingerprint density at radius 1 is 0.938 bits per heavy atom. The molecule has 32 heavy (non-hydrogen) atoms. The van der Waals surface area contributed by atoms with Crippen molar-refractivity contribution >= 4 is 57.8 Å². The number of hydrogen-bond acceptors (Lipinski definition) is 6. The molecular weight excluding hydrogens is 483 g/mol. The van der Waals surface area contributed by atoms with Crippen molar-refractivity contribution in [2.75, 3.05) is 21.6 Å². The summed E-state index contributed by atoms with van der Waals surface area (Å²) in [5, 5.41) is 21.5. The number of hydroxylamine groups is 2. The average molecular weight is 502 g/mol. The van der Waals surface area contributed by atoms with Gasteiger partial charge in [0.15, 0.2) is 13.1 Å². The molecule has 0 radical (unpaired) electrons. The van der Waals surface area contributed by atoms with Crippen molar-refractivity contribution in [3.63, 3.8) is 0 Å². The third kappa shape index (κ3) is 5.81. The summed E-state index contributed by atoms with van der Waals surface area (Å²) in [5.41, 5.74) is 12.2. The van der Waals surface area contributed by atoms with E-state index in [1.54, 1.807) is 0 Å². The predicted octanol–water partition coefficient (Wildman–Crippen LogP) is -0.904. The van der Waals surface area contributed by atoms with Gasteiger partial charge in [-0.1, -0.05) is 23.2 Å². The maximum absolute atomic E-state index is 12.3. The Balaban J connectivity index is 0.00000363. The van der Waals surface area contributed by atoms with Crippen LogP contribution in [-0.2, 0) is 22.7 Å². The van der Waals surface area contributed by atoms with Crippen LogP contribution in [0.15, 0.2) is 55.1 Å². The second-order valence-corrected chi connectivity index (χ2v) is 7.40. The maximum Gasteiger partial charge on any atom is 0.292 e. The number of nitrogens with two attached hydrogens (primary N) is 2. The standard InChI is InChI=1S/C19H19Cl2N6O4.ClH/c20-14-7-12(1-3-16(14)22)26(30)18(28)9-24-5-6-25(11-24)10-19(29)27(31)13-2-4-17(23)15(21)8-13;/h1-8,11,30-31H,9-10,22-23H2;1H/q+1;/p-1. The van der Waals surface area contributed by atoms with Crippen molar-refractivity contribution in [1.82, 2.24) is 4.57 Å². The van der Waals surface area contributed by atoms with Crippen molar-refractivity contribution in [1.29, 1.82) is 0 Å². The van der Waals surface area contributed by atoms with Gasteiger partial charge in [-0.05, 0) is 36.4 Å². The van der Waals surface area contributed by atoms with Crippen LogP contribution in [-0.4, -0.2) is 26.8 Å². The van der Waals surface area contributed by atoms with E-state index >= 15 is 0 Å². The highest BCUT2D eigenvalue weighted by molar-refractivity contribution is 6.33. The number of rotatable bonds is 6. The summed E-state index contributed by atoms with van der Waals surface area (Å²) in [6.45, 7) is -0.424. The van der Waals surface area contributed by atoms with Gasteiger partial charge >= 0.3 is 0 Å². The summed E-state index contributed by atoms with van der Waals surface area (Å²) in [4.78, 5) is 24.7. The molecule has 2 amide bonds. The number of nitrogen functional groups attached to an aromatic ring is 2. The number of carbonyl (C=O) groups is 2. The summed E-state index contributed by atoms with van der Waals surface area (Å²) in [6, 6.07) is 8.57. The molecule has 3 rings (SSSR count). The lowest BCUT2D eigenvalue weighted by Crippen LogP contribution is -3.00. The fourth-order valence-corrected chi connectivity index (χ4v) is 3.01. The first kappa shape index (κ1) is 25.2. The lowest BCUT2D eigenvalue weighted by Gasteiger charge is -2.15. The minimum atomic E-state index is -0.643. The maximum atomic E-state index is 12.3. The van der Waals surface area contributed by atoms with Gasteiger partial charge in [0.05, 0.1) is 32.8 Å². The molecule has 2 aromatic carbocycles. The number of hydrogen-bond donors (Lipinski definition) is 4. The molecule has 0 saturated carbocycles. The summed E-state index contributed by atoms with van der Waals surface area (Å²) in [6.07, 6.45) is 4.55. The number of benzene rings is 2. The van der Waals surface area contributed by atoms with E-state index in [0.29, 0.717) is 21.5 Å². The Bertz CT molecular complexity index is 1050. The highest BCUT2D eigenvalue weighted by atomic mass is 35.5. The van der Waals surface area contributed by atoms with Crippen LogP contribution in [0.1, 0.15) is 0 Å². The normalized spacial score (nSPS) is 10.4. The van der Waals surface area contributed by atoms with E-state index in [0.717, 1.165) is 0 Å². The Morgan fingerprint density at radius 3 is 1.94 bits per heavy atom. The summed E-state index contributed by atoms with van der Waals surface area (Å²) in [5.74, 6) is -1.29. The SMILES string of the molecule is Nc1ccc(N(O)C(=O)Cn2cc[n+](CC(=O)N(O)c3ccc(N)c(Cl)c3)c2)cc1Cl.[Cl-]. The van der Waals surface area contributed by atoms with Gasteiger partial charge in [-0.25, -0.2) is 9.13 Å². The fraction of sp³-hybridized carbons (Fsp3) is 0.105. The smallest absolute Gasteiger partial charge is 0.292 e. The molecule has 0 spiro atoms. The minimum Gasteiger partial charge on any atom is -1.00 e. The van der Waals surface area contributed by atoms with E-state index in [1.165, 1.54) is 64.3 Å². The molecule has 13 heteroatoms. The van der Waals surface area contributed by atoms with Gasteiger partial charge in [-0.3, -0.25) is 20.0 Å². The molecule has 170 valence electrons. The second kappa shape index (κ2) is 10.5. The zero-order valence-electron chi connectivity index (χ0n) is 16.4. The first-order chi connectivity index (χ1) is 14.7. The molecule has 1 heterocycles. The van der Waals surface area contributed by atoms with Gasteiger partial charge in [-0.2, -0.15) is 10.1 Å². The van der Waals surface area contributed by atoms with Crippen molar-refractivity contribution in [2.24, 2.45) is 0 Å². The Hall–Kier alpha value is -3.02. The third-order valence-electron chi connectivity index (χ3n) is 4.31. The average Bonchev–Trinajstić information content (AvgIpc) is 3.17. The molecular formula is C19H19Cl3N6O4. The van der Waals surface area contributed by atoms with Crippen molar-refractivity contribution in [2.45, 2.75) is 13.1 Å². The number of halogens is 3. The Morgan fingerprint density at radius 2 is 1.44 bits per heavy atom. The molecule has 10 nitrogen and oxygen atoms in total. The van der Waals surface area contributed by atoms with Gasteiger partial charge in [0.2, 0.25) is 6.33 Å². The fourth-order valence-electron chi connectivity index (χ4n) is 2.66. The molecule has 0 saturated heterocycles. The predicted molar refractivity (Wildman–Crippen MR) is 115 cm³/mol. The number of aromatic nitrogens is 2. The summed E-state index contributed by atoms with van der Waals surface area (Å²) in [7, 11) is 0. The van der Waals surface area contributed by atoms with Crippen molar-refractivity contribution in [3.05, 3.63) is 65.2 Å². The molecule has 0 atom stereocenters. The summed E-state index contributed by atoms with van der Waals surface area (Å²) >= 11 is 11.8. The second-order valence-electron chi connectivity index (χ2n) is 6.58. The molecule has 0 aliphatic heterocycles. The van der Waals surface area contributed by atoms with Crippen molar-refractivity contribution < 1.29 is 37.0 Å². The van der Waals surface area contributed by atoms with Crippen LogP contribution in [0.3, 0.4) is 0 Å². The quantitative estimate of drug-likeness (QED) is 0.149. The number of carbonyl (C=O) groups excluding carboxylic acids is 2. The van der Waals surface area contributed by atoms with Crippen LogP contribution in [0.2, 0.25) is 10.0 Å². The molecule has 0 fully saturated rings. The number of anilines is 4. The molecule has 0 unspecified atom stereocenters. The highest BCUT2D eigenvalue weighted by Crippen LogP contribution is 2.25. The van der Waals surface area contributed by atoms with Gasteiger partial charge in [-0.15, -0.1) is 0 Å². The van der Waals surface area contributed by atoms with E-state index in [-0.39, 0.29) is 46.9 Å². The van der Waals surface area contributed by atoms with Crippen LogP contribution in [0.5, 0.6) is 0 Å². The molecule has 6 N–H and O–H groups in total. The lowest BCUT2D eigenvalue weighted by molar-refractivity contribution is -0.683. The van der Waals surface area contributed by atoms with E-state index in [2.05, 4.69) is 0 Å². The Labute approximate surface area is 199 Å².